The van der Waals surface area contributed by atoms with Crippen LogP contribution in [0.2, 0.25) is 0 Å². The number of carbonyl (C=O) groups is 1. The van der Waals surface area contributed by atoms with E-state index in [9.17, 15) is 4.79 Å². The number of nitrogens with zero attached hydrogens (tertiary/aromatic N) is 4. The molecule has 1 unspecified atom stereocenters. The molecular weight excluding hydrogens is 342 g/mol. The molecule has 136 valence electrons. The van der Waals surface area contributed by atoms with Gasteiger partial charge in [-0.3, -0.25) is 4.79 Å². The summed E-state index contributed by atoms with van der Waals surface area (Å²) in [5.41, 5.74) is 6.00. The van der Waals surface area contributed by atoms with E-state index in [2.05, 4.69) is 36.9 Å². The summed E-state index contributed by atoms with van der Waals surface area (Å²) in [7, 11) is 3.24. The fourth-order valence-corrected chi connectivity index (χ4v) is 3.84. The summed E-state index contributed by atoms with van der Waals surface area (Å²) in [5.74, 6) is 1.06. The Morgan fingerprint density at radius 3 is 2.88 bits per heavy atom. The lowest BCUT2D eigenvalue weighted by Crippen LogP contribution is -2.45. The molecule has 2 aliphatic heterocycles. The zero-order valence-corrected chi connectivity index (χ0v) is 15.2. The highest BCUT2D eigenvalue weighted by Crippen LogP contribution is 2.30. The maximum Gasteiger partial charge on any atom is 0.258 e. The van der Waals surface area contributed by atoms with E-state index in [-0.39, 0.29) is 12.5 Å². The molecule has 1 aromatic rings. The Balaban J connectivity index is 1.76. The molecule has 1 atom stereocenters. The van der Waals surface area contributed by atoms with Crippen molar-refractivity contribution in [2.45, 2.75) is 5.03 Å². The van der Waals surface area contributed by atoms with Gasteiger partial charge in [-0.05, 0) is 17.7 Å². The molecule has 9 nitrogen and oxygen atoms in total. The highest BCUT2D eigenvalue weighted by molar-refractivity contribution is 8.13. The van der Waals surface area contributed by atoms with Gasteiger partial charge in [0.25, 0.3) is 5.88 Å². The maximum absolute atomic E-state index is 11.4. The second-order valence-electron chi connectivity index (χ2n) is 5.76. The minimum Gasteiger partial charge on any atom is -0.478 e. The molecule has 1 aromatic heterocycles. The average Bonchev–Trinajstić information content (AvgIpc) is 3.10. The summed E-state index contributed by atoms with van der Waals surface area (Å²) < 4.78 is 8.65. The summed E-state index contributed by atoms with van der Waals surface area (Å²) in [6.07, 6.45) is 3.49. The quantitative estimate of drug-likeness (QED) is 0.576. The normalized spacial score (nSPS) is 20.5. The first kappa shape index (κ1) is 17.6. The van der Waals surface area contributed by atoms with Gasteiger partial charge >= 0.3 is 0 Å². The van der Waals surface area contributed by atoms with Gasteiger partial charge in [0.05, 0.1) is 25.5 Å². The number of aromatic nitrogens is 2. The minimum atomic E-state index is -0.473. The second kappa shape index (κ2) is 7.81. The Bertz CT molecular complexity index is 714. The van der Waals surface area contributed by atoms with Crippen LogP contribution in [0, 0.1) is 0 Å². The fourth-order valence-electron chi connectivity index (χ4n) is 2.55. The Morgan fingerprint density at radius 1 is 1.44 bits per heavy atom. The van der Waals surface area contributed by atoms with Gasteiger partial charge in [-0.1, -0.05) is 0 Å². The van der Waals surface area contributed by atoms with Gasteiger partial charge in [0, 0.05) is 37.7 Å². The SMILES string of the molecule is COc1nc(S2=CC(NC(=O)CN)=CN2)cnc1N1CCN(C)CC1. The van der Waals surface area contributed by atoms with Crippen molar-refractivity contribution >= 4 is 27.8 Å². The number of hydrogen-bond donors (Lipinski definition) is 3. The van der Waals surface area contributed by atoms with Crippen LogP contribution < -0.4 is 25.4 Å². The minimum absolute atomic E-state index is 0.0493. The number of methoxy groups -OCH3 is 1. The molecule has 0 saturated carbocycles. The molecule has 0 aromatic carbocycles. The molecule has 0 spiro atoms. The molecule has 1 saturated heterocycles. The fraction of sp³-hybridized carbons (Fsp3) is 0.467. The number of nitrogens with two attached hydrogens (primary N) is 1. The Hall–Kier alpha value is -2.17. The predicted octanol–water partition coefficient (Wildman–Crippen LogP) is -0.898. The van der Waals surface area contributed by atoms with Gasteiger partial charge < -0.3 is 30.3 Å². The van der Waals surface area contributed by atoms with E-state index in [1.165, 1.54) is 0 Å². The first-order chi connectivity index (χ1) is 12.1. The molecule has 10 heteroatoms. The van der Waals surface area contributed by atoms with Crippen LogP contribution >= 0.6 is 10.7 Å². The summed E-state index contributed by atoms with van der Waals surface area (Å²) in [6.45, 7) is 3.72. The lowest BCUT2D eigenvalue weighted by atomic mass is 10.3. The molecule has 0 bridgehead atoms. The highest BCUT2D eigenvalue weighted by Gasteiger charge is 2.21. The molecule has 1 fully saturated rings. The predicted molar refractivity (Wildman–Crippen MR) is 98.6 cm³/mol. The van der Waals surface area contributed by atoms with Crippen molar-refractivity contribution in [1.29, 1.82) is 0 Å². The number of anilines is 1. The first-order valence-electron chi connectivity index (χ1n) is 7.99. The van der Waals surface area contributed by atoms with Crippen LogP contribution in [0.3, 0.4) is 0 Å². The van der Waals surface area contributed by atoms with E-state index in [4.69, 9.17) is 10.5 Å². The van der Waals surface area contributed by atoms with Crippen molar-refractivity contribution < 1.29 is 9.53 Å². The summed E-state index contributed by atoms with van der Waals surface area (Å²) in [6, 6.07) is 0. The summed E-state index contributed by atoms with van der Waals surface area (Å²) in [5, 5.41) is 5.37. The van der Waals surface area contributed by atoms with E-state index in [1.54, 1.807) is 19.5 Å². The molecule has 3 rings (SSSR count). The monoisotopic (exact) mass is 365 g/mol. The van der Waals surface area contributed by atoms with Gasteiger partial charge in [0.15, 0.2) is 5.82 Å². The van der Waals surface area contributed by atoms with E-state index in [1.807, 2.05) is 5.37 Å². The molecule has 0 radical (unpaired) electrons. The lowest BCUT2D eigenvalue weighted by molar-refractivity contribution is -0.118. The van der Waals surface area contributed by atoms with Gasteiger partial charge in [0.1, 0.15) is 5.03 Å². The van der Waals surface area contributed by atoms with Crippen LogP contribution in [-0.4, -0.2) is 73.0 Å². The van der Waals surface area contributed by atoms with Crippen molar-refractivity contribution in [1.82, 2.24) is 24.9 Å². The topological polar surface area (TPSA) is 109 Å². The third-order valence-corrected chi connectivity index (χ3v) is 5.49. The second-order valence-corrected chi connectivity index (χ2v) is 7.32. The third-order valence-electron chi connectivity index (χ3n) is 3.98. The number of carbonyl (C=O) groups excluding carboxylic acids is 1. The first-order valence-corrected chi connectivity index (χ1v) is 9.28. The Morgan fingerprint density at radius 2 is 2.20 bits per heavy atom. The van der Waals surface area contributed by atoms with Crippen molar-refractivity contribution in [3.05, 3.63) is 18.1 Å². The third kappa shape index (κ3) is 4.09. The van der Waals surface area contributed by atoms with Crippen molar-refractivity contribution in [2.75, 3.05) is 51.8 Å². The molecular formula is C15H23N7O2S. The molecule has 25 heavy (non-hydrogen) atoms. The zero-order valence-electron chi connectivity index (χ0n) is 14.4. The molecule has 1 amide bonds. The van der Waals surface area contributed by atoms with Crippen molar-refractivity contribution in [3.63, 3.8) is 0 Å². The van der Waals surface area contributed by atoms with Crippen LogP contribution in [0.25, 0.3) is 0 Å². The smallest absolute Gasteiger partial charge is 0.258 e. The molecule has 4 N–H and O–H groups in total. The van der Waals surface area contributed by atoms with E-state index < -0.39 is 10.7 Å². The summed E-state index contributed by atoms with van der Waals surface area (Å²) in [4.78, 5) is 25.0. The van der Waals surface area contributed by atoms with E-state index >= 15 is 0 Å². The van der Waals surface area contributed by atoms with Gasteiger partial charge in [-0.15, -0.1) is 0 Å². The number of ether oxygens (including phenoxy) is 1. The summed E-state index contributed by atoms with van der Waals surface area (Å²) >= 11 is 0. The van der Waals surface area contributed by atoms with Gasteiger partial charge in [0.2, 0.25) is 5.91 Å². The average molecular weight is 365 g/mol. The standard InChI is InChI=1S/C15H23N7O2S/c1-21-3-5-22(6-4-21)14-15(24-2)20-13(9-17-14)25-10-11(8-18-25)19-12(23)7-16/h8-10,18H,3-7,16H2,1-2H3,(H,19,23). The Labute approximate surface area is 149 Å². The highest BCUT2D eigenvalue weighted by atomic mass is 32.2. The zero-order chi connectivity index (χ0) is 17.8. The van der Waals surface area contributed by atoms with Crippen LogP contribution in [0.1, 0.15) is 0 Å². The lowest BCUT2D eigenvalue weighted by Gasteiger charge is -2.33. The van der Waals surface area contributed by atoms with E-state index in [0.717, 1.165) is 37.0 Å². The number of nitrogens with one attached hydrogen (secondary N) is 2. The van der Waals surface area contributed by atoms with Crippen LogP contribution in [0.15, 0.2) is 23.1 Å². The van der Waals surface area contributed by atoms with Crippen LogP contribution in [-0.2, 0) is 4.79 Å². The Kier molecular flexibility index (Phi) is 5.51. The van der Waals surface area contributed by atoms with Crippen LogP contribution in [0.5, 0.6) is 5.88 Å². The number of allylic oxidation sites excluding steroid dienone is 1. The van der Waals surface area contributed by atoms with Crippen LogP contribution in [0.4, 0.5) is 5.82 Å². The molecule has 0 aliphatic carbocycles. The van der Waals surface area contributed by atoms with E-state index in [0.29, 0.717) is 11.6 Å². The number of likely N-dealkylation sites (N-methyl/N-ethyl adjacent to an activating group) is 1. The largest absolute Gasteiger partial charge is 0.478 e. The number of rotatable bonds is 5. The number of hydrogen-bond acceptors (Lipinski definition) is 8. The molecule has 2 aliphatic rings. The van der Waals surface area contributed by atoms with Gasteiger partial charge in [-0.2, -0.15) is 0 Å². The maximum atomic E-state index is 11.4. The molecule has 3 heterocycles. The number of piperazine rings is 1. The van der Waals surface area contributed by atoms with Gasteiger partial charge in [-0.25, -0.2) is 9.97 Å². The van der Waals surface area contributed by atoms with Crippen molar-refractivity contribution in [3.8, 4) is 5.88 Å². The number of amides is 1. The van der Waals surface area contributed by atoms with Crippen molar-refractivity contribution in [2.24, 2.45) is 5.73 Å².